The highest BCUT2D eigenvalue weighted by molar-refractivity contribution is 5.79. The van der Waals surface area contributed by atoms with Crippen molar-refractivity contribution in [3.8, 4) is 0 Å². The Morgan fingerprint density at radius 3 is 2.50 bits per heavy atom. The van der Waals surface area contributed by atoms with Crippen LogP contribution in [0.25, 0.3) is 0 Å². The van der Waals surface area contributed by atoms with Gasteiger partial charge in [-0.3, -0.25) is 9.59 Å². The molecule has 1 heterocycles. The quantitative estimate of drug-likeness (QED) is 0.694. The predicted molar refractivity (Wildman–Crippen MR) is 103 cm³/mol. The van der Waals surface area contributed by atoms with Crippen molar-refractivity contribution in [1.82, 2.24) is 10.2 Å². The van der Waals surface area contributed by atoms with Crippen LogP contribution in [0.5, 0.6) is 0 Å². The lowest BCUT2D eigenvalue weighted by molar-refractivity contribution is -0.134. The van der Waals surface area contributed by atoms with Crippen molar-refractivity contribution >= 4 is 11.8 Å². The van der Waals surface area contributed by atoms with Gasteiger partial charge in [-0.2, -0.15) is 0 Å². The maximum Gasteiger partial charge on any atom is 0.224 e. The molecule has 1 fully saturated rings. The Morgan fingerprint density at radius 1 is 1.27 bits per heavy atom. The zero-order valence-electron chi connectivity index (χ0n) is 17.1. The molecular weight excluding hydrogens is 332 g/mol. The molecule has 1 saturated heterocycles. The zero-order valence-corrected chi connectivity index (χ0v) is 17.1. The summed E-state index contributed by atoms with van der Waals surface area (Å²) in [5.41, 5.74) is -0.778. The molecule has 4 atom stereocenters. The Kier molecular flexibility index (Phi) is 9.04. The molecule has 1 aliphatic rings. The number of aliphatic hydroxyl groups is 2. The van der Waals surface area contributed by atoms with Gasteiger partial charge in [-0.05, 0) is 51.4 Å². The van der Waals surface area contributed by atoms with E-state index in [1.54, 1.807) is 11.9 Å². The highest BCUT2D eigenvalue weighted by Gasteiger charge is 2.28. The van der Waals surface area contributed by atoms with Gasteiger partial charge >= 0.3 is 0 Å². The van der Waals surface area contributed by atoms with Gasteiger partial charge in [-0.25, -0.2) is 0 Å². The van der Waals surface area contributed by atoms with Crippen LogP contribution in [0.1, 0.15) is 72.6 Å². The Morgan fingerprint density at radius 2 is 1.88 bits per heavy atom. The van der Waals surface area contributed by atoms with E-state index in [-0.39, 0.29) is 24.2 Å². The largest absolute Gasteiger partial charge is 0.390 e. The fourth-order valence-corrected chi connectivity index (χ4v) is 3.49. The van der Waals surface area contributed by atoms with E-state index in [0.717, 1.165) is 6.42 Å². The highest BCUT2D eigenvalue weighted by atomic mass is 16.3. The number of hydrogen-bond acceptors (Lipinski definition) is 4. The minimum Gasteiger partial charge on any atom is -0.390 e. The van der Waals surface area contributed by atoms with E-state index >= 15 is 0 Å². The third kappa shape index (κ3) is 8.04. The summed E-state index contributed by atoms with van der Waals surface area (Å²) in [6.45, 7) is 8.32. The Labute approximate surface area is 158 Å². The van der Waals surface area contributed by atoms with Gasteiger partial charge in [0.15, 0.2) is 0 Å². The van der Waals surface area contributed by atoms with Crippen LogP contribution in [0.2, 0.25) is 0 Å². The van der Waals surface area contributed by atoms with Crippen LogP contribution in [0.4, 0.5) is 0 Å². The van der Waals surface area contributed by atoms with Gasteiger partial charge in [0.2, 0.25) is 11.8 Å². The van der Waals surface area contributed by atoms with Crippen LogP contribution in [-0.4, -0.2) is 58.3 Å². The molecule has 152 valence electrons. The summed E-state index contributed by atoms with van der Waals surface area (Å²) >= 11 is 0. The van der Waals surface area contributed by atoms with Gasteiger partial charge in [-0.1, -0.05) is 20.8 Å². The van der Waals surface area contributed by atoms with Crippen molar-refractivity contribution in [2.75, 3.05) is 13.6 Å². The highest BCUT2D eigenvalue weighted by Crippen LogP contribution is 2.22. The van der Waals surface area contributed by atoms with E-state index in [2.05, 4.69) is 5.32 Å². The molecule has 1 aliphatic heterocycles. The number of hydrogen-bond donors (Lipinski definition) is 3. The average Bonchev–Trinajstić information content (AvgIpc) is 2.52. The van der Waals surface area contributed by atoms with Crippen molar-refractivity contribution in [2.45, 2.75) is 90.4 Å². The third-order valence-corrected chi connectivity index (χ3v) is 5.34. The second kappa shape index (κ2) is 10.3. The molecule has 0 aromatic heterocycles. The van der Waals surface area contributed by atoms with E-state index in [4.69, 9.17) is 0 Å². The number of aliphatic hydroxyl groups excluding tert-OH is 1. The molecule has 0 aliphatic carbocycles. The Balaban J connectivity index is 2.91. The minimum absolute atomic E-state index is 0.00105. The number of carbonyl (C=O) groups is 2. The number of rotatable bonds is 2. The summed E-state index contributed by atoms with van der Waals surface area (Å²) in [4.78, 5) is 26.5. The molecule has 6 nitrogen and oxygen atoms in total. The molecule has 0 aromatic carbocycles. The first-order chi connectivity index (χ1) is 12.0. The van der Waals surface area contributed by atoms with E-state index < -0.39 is 17.7 Å². The van der Waals surface area contributed by atoms with E-state index in [0.29, 0.717) is 44.6 Å². The second-order valence-electron chi connectivity index (χ2n) is 8.73. The Bertz CT molecular complexity index is 465. The predicted octanol–water partition coefficient (Wildman–Crippen LogP) is 2.08. The minimum atomic E-state index is -0.892. The first-order valence-electron chi connectivity index (χ1n) is 9.96. The van der Waals surface area contributed by atoms with Crippen LogP contribution in [-0.2, 0) is 9.59 Å². The van der Waals surface area contributed by atoms with Crippen molar-refractivity contribution in [3.05, 3.63) is 0 Å². The van der Waals surface area contributed by atoms with Crippen LogP contribution in [0, 0.1) is 11.8 Å². The lowest BCUT2D eigenvalue weighted by atomic mass is 9.91. The fourth-order valence-electron chi connectivity index (χ4n) is 3.49. The summed E-state index contributed by atoms with van der Waals surface area (Å²) < 4.78 is 0. The summed E-state index contributed by atoms with van der Waals surface area (Å²) in [5, 5.41) is 24.0. The van der Waals surface area contributed by atoms with Crippen molar-refractivity contribution in [3.63, 3.8) is 0 Å². The number of amides is 2. The summed E-state index contributed by atoms with van der Waals surface area (Å²) in [7, 11) is 1.72. The summed E-state index contributed by atoms with van der Waals surface area (Å²) in [5.74, 6) is -0.112. The van der Waals surface area contributed by atoms with Crippen LogP contribution >= 0.6 is 0 Å². The maximum atomic E-state index is 12.5. The van der Waals surface area contributed by atoms with E-state index in [1.165, 1.54) is 0 Å². The average molecular weight is 371 g/mol. The molecule has 3 N–H and O–H groups in total. The van der Waals surface area contributed by atoms with Gasteiger partial charge in [-0.15, -0.1) is 0 Å². The van der Waals surface area contributed by atoms with Crippen molar-refractivity contribution < 1.29 is 19.8 Å². The van der Waals surface area contributed by atoms with Gasteiger partial charge in [0.05, 0.1) is 24.2 Å². The van der Waals surface area contributed by atoms with Crippen LogP contribution < -0.4 is 5.32 Å². The van der Waals surface area contributed by atoms with Crippen molar-refractivity contribution in [1.29, 1.82) is 0 Å². The summed E-state index contributed by atoms with van der Waals surface area (Å²) in [6.07, 6.45) is 3.18. The van der Waals surface area contributed by atoms with Crippen LogP contribution in [0.15, 0.2) is 0 Å². The monoisotopic (exact) mass is 370 g/mol. The first kappa shape index (κ1) is 22.9. The normalized spacial score (nSPS) is 33.5. The second-order valence-corrected chi connectivity index (χ2v) is 8.73. The number of nitrogens with one attached hydrogen (secondary N) is 1. The SMILES string of the molecule is CC(C)C[C@@H]1NC(=O)C(C)CCC[C@](C)(O)CCCN(C)C(=O)C[C@@H]1O. The molecule has 2 amide bonds. The van der Waals surface area contributed by atoms with Crippen molar-refractivity contribution in [2.24, 2.45) is 11.8 Å². The van der Waals surface area contributed by atoms with Gasteiger partial charge < -0.3 is 20.4 Å². The molecule has 0 saturated carbocycles. The van der Waals surface area contributed by atoms with Gasteiger partial charge in [0.25, 0.3) is 0 Å². The molecule has 0 aromatic rings. The number of nitrogens with zero attached hydrogens (tertiary/aromatic N) is 1. The molecule has 0 radical (unpaired) electrons. The standard InChI is InChI=1S/C20H38N2O4/c1-14(2)12-16-17(23)13-18(24)22(5)11-7-10-20(4,26)9-6-8-15(3)19(25)21-16/h14-17,23,26H,6-13H2,1-5H3,(H,21,25)/t15?,16-,17-,20-/m0/s1. The molecule has 1 rings (SSSR count). The van der Waals surface area contributed by atoms with Gasteiger partial charge in [0.1, 0.15) is 0 Å². The molecule has 0 bridgehead atoms. The maximum absolute atomic E-state index is 12.5. The smallest absolute Gasteiger partial charge is 0.224 e. The van der Waals surface area contributed by atoms with Gasteiger partial charge in [0, 0.05) is 19.5 Å². The third-order valence-electron chi connectivity index (χ3n) is 5.34. The lowest BCUT2D eigenvalue weighted by Gasteiger charge is -2.28. The van der Waals surface area contributed by atoms with Crippen LogP contribution in [0.3, 0.4) is 0 Å². The molecular formula is C20H38N2O4. The van der Waals surface area contributed by atoms with E-state index in [1.807, 2.05) is 27.7 Å². The lowest BCUT2D eigenvalue weighted by Crippen LogP contribution is -2.47. The molecule has 1 unspecified atom stereocenters. The summed E-state index contributed by atoms with van der Waals surface area (Å²) in [6, 6.07) is -0.421. The molecule has 26 heavy (non-hydrogen) atoms. The first-order valence-corrected chi connectivity index (χ1v) is 9.96. The zero-order chi connectivity index (χ0) is 19.9. The van der Waals surface area contributed by atoms with E-state index in [9.17, 15) is 19.8 Å². The molecule has 0 spiro atoms. The Hall–Kier alpha value is -1.14. The number of carbonyl (C=O) groups excluding carboxylic acids is 2. The fraction of sp³-hybridized carbons (Fsp3) is 0.900. The molecule has 6 heteroatoms. The topological polar surface area (TPSA) is 89.9 Å².